The van der Waals surface area contributed by atoms with E-state index in [1.54, 1.807) is 0 Å². The number of benzene rings is 1. The number of likely N-dealkylation sites (tertiary alicyclic amines) is 1. The minimum absolute atomic E-state index is 0.348. The summed E-state index contributed by atoms with van der Waals surface area (Å²) < 4.78 is 12.4. The second-order valence-electron chi connectivity index (χ2n) is 7.84. The Bertz CT molecular complexity index is 557. The minimum Gasteiger partial charge on any atom is -0.369 e. The highest BCUT2D eigenvalue weighted by Gasteiger charge is 2.57. The number of rotatable bonds is 6. The Balaban J connectivity index is 1.77. The van der Waals surface area contributed by atoms with Gasteiger partial charge in [0.25, 0.3) is 0 Å². The molecule has 2 heterocycles. The predicted molar refractivity (Wildman–Crippen MR) is 92.3 cm³/mol. The van der Waals surface area contributed by atoms with Crippen LogP contribution in [0.4, 0.5) is 0 Å². The molecule has 3 unspecified atom stereocenters. The van der Waals surface area contributed by atoms with Gasteiger partial charge in [-0.15, -0.1) is 0 Å². The zero-order valence-electron chi connectivity index (χ0n) is 14.8. The molecule has 1 aromatic carbocycles. The van der Waals surface area contributed by atoms with Gasteiger partial charge < -0.3 is 14.8 Å². The van der Waals surface area contributed by atoms with Crippen molar-refractivity contribution in [2.24, 2.45) is 5.92 Å². The van der Waals surface area contributed by atoms with Crippen LogP contribution in [-0.2, 0) is 20.8 Å². The molecule has 1 amide bonds. The van der Waals surface area contributed by atoms with Gasteiger partial charge in [-0.2, -0.15) is 0 Å². The van der Waals surface area contributed by atoms with Crippen molar-refractivity contribution in [1.29, 1.82) is 0 Å². The van der Waals surface area contributed by atoms with Crippen LogP contribution in [0.2, 0.25) is 0 Å². The number of hydrogen-bond acceptors (Lipinski definition) is 4. The molecule has 132 valence electrons. The van der Waals surface area contributed by atoms with Gasteiger partial charge in [0, 0.05) is 32.2 Å². The Morgan fingerprint density at radius 1 is 1.42 bits per heavy atom. The molecular weight excluding hydrogens is 304 g/mol. The molecule has 0 saturated carbocycles. The highest BCUT2D eigenvalue weighted by atomic mass is 16.6. The second kappa shape index (κ2) is 6.82. The average Bonchev–Trinajstić information content (AvgIpc) is 3.04. The first kappa shape index (κ1) is 17.4. The maximum atomic E-state index is 11.2. The molecule has 3 atom stereocenters. The van der Waals surface area contributed by atoms with Gasteiger partial charge in [-0.25, -0.2) is 0 Å². The summed E-state index contributed by atoms with van der Waals surface area (Å²) in [6, 6.07) is 10.5. The molecule has 5 nitrogen and oxygen atoms in total. The number of fused-ring (bicyclic) bond motifs is 1. The summed E-state index contributed by atoms with van der Waals surface area (Å²) in [6.45, 7) is 9.38. The van der Waals surface area contributed by atoms with Crippen molar-refractivity contribution < 1.29 is 14.3 Å². The first-order valence-electron chi connectivity index (χ1n) is 8.71. The largest absolute Gasteiger partial charge is 0.369 e. The number of nitrogens with zero attached hydrogens (tertiary/aromatic N) is 1. The van der Waals surface area contributed by atoms with Gasteiger partial charge in [-0.05, 0) is 32.8 Å². The zero-order valence-corrected chi connectivity index (χ0v) is 14.8. The van der Waals surface area contributed by atoms with Gasteiger partial charge >= 0.3 is 0 Å². The maximum Gasteiger partial charge on any atom is 0.209 e. The quantitative estimate of drug-likeness (QED) is 0.641. The van der Waals surface area contributed by atoms with E-state index in [-0.39, 0.29) is 5.60 Å². The summed E-state index contributed by atoms with van der Waals surface area (Å²) in [7, 11) is 0. The number of carbonyl (C=O) groups excluding carboxylic acids is 1. The highest BCUT2D eigenvalue weighted by Crippen LogP contribution is 2.43. The third kappa shape index (κ3) is 3.63. The molecule has 3 rings (SSSR count). The van der Waals surface area contributed by atoms with Crippen molar-refractivity contribution in [2.45, 2.75) is 51.2 Å². The number of carbonyl (C=O) groups is 1. The Hall–Kier alpha value is -1.43. The number of hydrogen-bond donors (Lipinski definition) is 1. The molecule has 5 heteroatoms. The molecule has 2 fully saturated rings. The van der Waals surface area contributed by atoms with E-state index in [1.165, 1.54) is 5.56 Å². The van der Waals surface area contributed by atoms with Crippen LogP contribution in [0.15, 0.2) is 30.3 Å². The Morgan fingerprint density at radius 3 is 2.83 bits per heavy atom. The van der Waals surface area contributed by atoms with E-state index < -0.39 is 11.8 Å². The normalized spacial score (nSPS) is 28.5. The fraction of sp³-hybridized carbons (Fsp3) is 0.632. The van der Waals surface area contributed by atoms with E-state index in [9.17, 15) is 4.79 Å². The van der Waals surface area contributed by atoms with Crippen LogP contribution in [0.5, 0.6) is 0 Å². The van der Waals surface area contributed by atoms with Crippen molar-refractivity contribution in [3.63, 3.8) is 0 Å². The second-order valence-corrected chi connectivity index (χ2v) is 7.84. The SMILES string of the molecule is CC(C)(C)OC(NC=O)C12CN(Cc3ccccc3)CC1CCO2. The van der Waals surface area contributed by atoms with Gasteiger partial charge in [0.05, 0.1) is 5.60 Å². The van der Waals surface area contributed by atoms with E-state index >= 15 is 0 Å². The van der Waals surface area contributed by atoms with Crippen molar-refractivity contribution in [1.82, 2.24) is 10.2 Å². The first-order valence-corrected chi connectivity index (χ1v) is 8.71. The molecule has 0 bridgehead atoms. The highest BCUT2D eigenvalue weighted by molar-refractivity contribution is 5.47. The molecule has 1 N–H and O–H groups in total. The maximum absolute atomic E-state index is 11.2. The molecule has 0 aliphatic carbocycles. The van der Waals surface area contributed by atoms with Gasteiger partial charge in [0.1, 0.15) is 5.60 Å². The van der Waals surface area contributed by atoms with Crippen LogP contribution in [0.1, 0.15) is 32.8 Å². The smallest absolute Gasteiger partial charge is 0.209 e. The van der Waals surface area contributed by atoms with E-state index in [1.807, 2.05) is 26.8 Å². The van der Waals surface area contributed by atoms with E-state index in [4.69, 9.17) is 9.47 Å². The summed E-state index contributed by atoms with van der Waals surface area (Å²) in [5, 5.41) is 2.87. The van der Waals surface area contributed by atoms with E-state index in [2.05, 4.69) is 34.5 Å². The van der Waals surface area contributed by atoms with Crippen molar-refractivity contribution in [2.75, 3.05) is 19.7 Å². The van der Waals surface area contributed by atoms with Crippen LogP contribution in [0, 0.1) is 5.92 Å². The lowest BCUT2D eigenvalue weighted by molar-refractivity contribution is -0.181. The molecule has 0 radical (unpaired) electrons. The molecule has 0 spiro atoms. The predicted octanol–water partition coefficient (Wildman–Crippen LogP) is 2.16. The van der Waals surface area contributed by atoms with E-state index in [0.29, 0.717) is 5.92 Å². The lowest BCUT2D eigenvalue weighted by atomic mass is 9.88. The fourth-order valence-electron chi connectivity index (χ4n) is 3.92. The topological polar surface area (TPSA) is 50.8 Å². The molecule has 24 heavy (non-hydrogen) atoms. The zero-order chi connectivity index (χ0) is 17.2. The summed E-state index contributed by atoms with van der Waals surface area (Å²) >= 11 is 0. The number of amides is 1. The first-order chi connectivity index (χ1) is 11.4. The average molecular weight is 332 g/mol. The molecule has 0 aromatic heterocycles. The third-order valence-electron chi connectivity index (χ3n) is 4.86. The van der Waals surface area contributed by atoms with Gasteiger partial charge in [-0.3, -0.25) is 9.69 Å². The van der Waals surface area contributed by atoms with Gasteiger partial charge in [0.15, 0.2) is 6.23 Å². The monoisotopic (exact) mass is 332 g/mol. The number of nitrogens with one attached hydrogen (secondary N) is 1. The standard InChI is InChI=1S/C19H28N2O3/c1-18(2,3)24-17(20-14-22)19-13-21(12-16(19)9-10-23-19)11-15-7-5-4-6-8-15/h4-8,14,16-17H,9-13H2,1-3H3,(H,20,22). The molecule has 2 saturated heterocycles. The van der Waals surface area contributed by atoms with E-state index in [0.717, 1.165) is 39.1 Å². The lowest BCUT2D eigenvalue weighted by Crippen LogP contribution is -2.58. The molecular formula is C19H28N2O3. The van der Waals surface area contributed by atoms with Gasteiger partial charge in [0.2, 0.25) is 6.41 Å². The minimum atomic E-state index is -0.455. The summed E-state index contributed by atoms with van der Waals surface area (Å²) in [6.07, 6.45) is 1.31. The summed E-state index contributed by atoms with van der Waals surface area (Å²) in [4.78, 5) is 13.6. The van der Waals surface area contributed by atoms with Crippen LogP contribution in [-0.4, -0.2) is 48.4 Å². The lowest BCUT2D eigenvalue weighted by Gasteiger charge is -2.39. The van der Waals surface area contributed by atoms with Crippen LogP contribution < -0.4 is 5.32 Å². The van der Waals surface area contributed by atoms with Gasteiger partial charge in [-0.1, -0.05) is 30.3 Å². The Labute approximate surface area is 144 Å². The summed E-state index contributed by atoms with van der Waals surface area (Å²) in [5.74, 6) is 0.376. The molecule has 2 aliphatic rings. The van der Waals surface area contributed by atoms with Crippen molar-refractivity contribution in [3.8, 4) is 0 Å². The Kier molecular flexibility index (Phi) is 4.95. The molecule has 1 aromatic rings. The number of ether oxygens (including phenoxy) is 2. The van der Waals surface area contributed by atoms with Crippen molar-refractivity contribution >= 4 is 6.41 Å². The fourth-order valence-corrected chi connectivity index (χ4v) is 3.92. The Morgan fingerprint density at radius 2 is 2.17 bits per heavy atom. The summed E-state index contributed by atoms with van der Waals surface area (Å²) in [5.41, 5.74) is 0.492. The van der Waals surface area contributed by atoms with Crippen LogP contribution >= 0.6 is 0 Å². The van der Waals surface area contributed by atoms with Crippen molar-refractivity contribution in [3.05, 3.63) is 35.9 Å². The van der Waals surface area contributed by atoms with Crippen LogP contribution in [0.25, 0.3) is 0 Å². The third-order valence-corrected chi connectivity index (χ3v) is 4.86. The molecule has 2 aliphatic heterocycles. The van der Waals surface area contributed by atoms with Crippen LogP contribution in [0.3, 0.4) is 0 Å².